The van der Waals surface area contributed by atoms with Gasteiger partial charge in [0.15, 0.2) is 6.10 Å². The van der Waals surface area contributed by atoms with Crippen molar-refractivity contribution in [2.75, 3.05) is 19.7 Å². The summed E-state index contributed by atoms with van der Waals surface area (Å²) < 4.78 is 10.4. The quantitative estimate of drug-likeness (QED) is 0.811. The van der Waals surface area contributed by atoms with E-state index in [-0.39, 0.29) is 18.2 Å². The van der Waals surface area contributed by atoms with Gasteiger partial charge in [-0.3, -0.25) is 4.79 Å². The van der Waals surface area contributed by atoms with Crippen LogP contribution in [0, 0.1) is 19.8 Å². The lowest BCUT2D eigenvalue weighted by Gasteiger charge is -2.31. The molecule has 0 aromatic carbocycles. The maximum absolute atomic E-state index is 12.5. The summed E-state index contributed by atoms with van der Waals surface area (Å²) in [5.74, 6) is -0.698. The minimum atomic E-state index is -0.870. The van der Waals surface area contributed by atoms with E-state index in [1.165, 1.54) is 0 Å². The Morgan fingerprint density at radius 2 is 1.81 bits per heavy atom. The summed E-state index contributed by atoms with van der Waals surface area (Å²) in [6.45, 7) is 10.5. The van der Waals surface area contributed by atoms with Crippen molar-refractivity contribution in [1.82, 2.24) is 9.88 Å². The first-order valence-electron chi connectivity index (χ1n) is 9.12. The normalized spacial score (nSPS) is 16.3. The van der Waals surface area contributed by atoms with Gasteiger partial charge in [-0.05, 0) is 52.0 Å². The molecule has 1 atom stereocenters. The van der Waals surface area contributed by atoms with E-state index in [0.29, 0.717) is 35.8 Å². The Morgan fingerprint density at radius 3 is 2.38 bits per heavy atom. The summed E-state index contributed by atoms with van der Waals surface area (Å²) in [4.78, 5) is 41.6. The summed E-state index contributed by atoms with van der Waals surface area (Å²) in [5, 5.41) is 0. The molecular formula is C19H28N2O5. The number of H-pyrrole nitrogens is 1. The fourth-order valence-electron chi connectivity index (χ4n) is 3.22. The van der Waals surface area contributed by atoms with E-state index in [2.05, 4.69) is 11.9 Å². The molecule has 1 saturated heterocycles. The van der Waals surface area contributed by atoms with Crippen LogP contribution in [0.4, 0.5) is 0 Å². The molecule has 0 bridgehead atoms. The van der Waals surface area contributed by atoms with E-state index in [4.69, 9.17) is 9.47 Å². The van der Waals surface area contributed by atoms with Crippen molar-refractivity contribution < 1.29 is 23.9 Å². The van der Waals surface area contributed by atoms with Crippen LogP contribution in [-0.2, 0) is 14.3 Å². The zero-order chi connectivity index (χ0) is 19.4. The average Bonchev–Trinajstić information content (AvgIpc) is 2.89. The molecule has 1 aromatic rings. The second-order valence-corrected chi connectivity index (χ2v) is 6.90. The summed E-state index contributed by atoms with van der Waals surface area (Å²) in [6, 6.07) is 0. The molecule has 1 N–H and O–H groups in total. The summed E-state index contributed by atoms with van der Waals surface area (Å²) in [5.41, 5.74) is 1.52. The summed E-state index contributed by atoms with van der Waals surface area (Å²) in [6.07, 6.45) is 1.05. The van der Waals surface area contributed by atoms with Gasteiger partial charge >= 0.3 is 11.9 Å². The molecule has 0 saturated carbocycles. The predicted octanol–water partition coefficient (Wildman–Crippen LogP) is 2.61. The number of esters is 2. The van der Waals surface area contributed by atoms with Crippen molar-refractivity contribution in [2.45, 2.75) is 53.6 Å². The maximum atomic E-state index is 12.5. The molecule has 1 amide bonds. The molecule has 1 aliphatic rings. The van der Waals surface area contributed by atoms with Gasteiger partial charge in [-0.1, -0.05) is 6.92 Å². The number of nitrogens with one attached hydrogen (secondary N) is 1. The first-order chi connectivity index (χ1) is 12.3. The van der Waals surface area contributed by atoms with E-state index in [1.54, 1.807) is 32.6 Å². The molecule has 1 fully saturated rings. The van der Waals surface area contributed by atoms with Gasteiger partial charge in [0, 0.05) is 18.8 Å². The van der Waals surface area contributed by atoms with Gasteiger partial charge in [-0.25, -0.2) is 9.59 Å². The highest BCUT2D eigenvalue weighted by atomic mass is 16.5. The van der Waals surface area contributed by atoms with Crippen LogP contribution >= 0.6 is 0 Å². The van der Waals surface area contributed by atoms with Gasteiger partial charge in [-0.2, -0.15) is 0 Å². The Morgan fingerprint density at radius 1 is 1.19 bits per heavy atom. The number of nitrogens with zero attached hydrogens (tertiary/aromatic N) is 1. The smallest absolute Gasteiger partial charge is 0.355 e. The SMILES string of the molecule is CCOC(=O)c1c(C)[nH]c(C(=O)OC(C)C(=O)N2CCC(C)CC2)c1C. The average molecular weight is 364 g/mol. The number of hydrogen-bond acceptors (Lipinski definition) is 5. The standard InChI is InChI=1S/C19H28N2O5/c1-6-25-18(23)15-12(3)16(20-13(15)4)19(24)26-14(5)17(22)21-9-7-11(2)8-10-21/h11,14,20H,6-10H2,1-5H3. The number of piperidine rings is 1. The molecule has 0 radical (unpaired) electrons. The number of aromatic amines is 1. The van der Waals surface area contributed by atoms with E-state index in [1.807, 2.05) is 0 Å². The number of aryl methyl sites for hydroxylation is 1. The summed E-state index contributed by atoms with van der Waals surface area (Å²) >= 11 is 0. The molecule has 1 aromatic heterocycles. The van der Waals surface area contributed by atoms with E-state index < -0.39 is 18.0 Å². The highest BCUT2D eigenvalue weighted by molar-refractivity contribution is 5.99. The number of amides is 1. The molecule has 1 unspecified atom stereocenters. The number of carbonyl (C=O) groups excluding carboxylic acids is 3. The van der Waals surface area contributed by atoms with Crippen molar-refractivity contribution in [3.05, 3.63) is 22.5 Å². The first-order valence-corrected chi connectivity index (χ1v) is 9.12. The van der Waals surface area contributed by atoms with Crippen LogP contribution in [-0.4, -0.2) is 53.5 Å². The monoisotopic (exact) mass is 364 g/mol. The van der Waals surface area contributed by atoms with E-state index in [9.17, 15) is 14.4 Å². The molecule has 7 heteroatoms. The Hall–Kier alpha value is -2.31. The first kappa shape index (κ1) is 20.0. The van der Waals surface area contributed by atoms with Gasteiger partial charge in [0.05, 0.1) is 12.2 Å². The Labute approximate surface area is 154 Å². The topological polar surface area (TPSA) is 88.7 Å². The van der Waals surface area contributed by atoms with Crippen LogP contribution in [0.1, 0.15) is 65.7 Å². The van der Waals surface area contributed by atoms with Crippen molar-refractivity contribution in [1.29, 1.82) is 0 Å². The molecule has 0 spiro atoms. The third kappa shape index (κ3) is 4.26. The van der Waals surface area contributed by atoms with Gasteiger partial charge in [0.25, 0.3) is 5.91 Å². The van der Waals surface area contributed by atoms with Crippen molar-refractivity contribution in [2.24, 2.45) is 5.92 Å². The molecule has 0 aliphatic carbocycles. The lowest BCUT2D eigenvalue weighted by atomic mass is 9.99. The highest BCUT2D eigenvalue weighted by Gasteiger charge is 2.29. The van der Waals surface area contributed by atoms with E-state index >= 15 is 0 Å². The Kier molecular flexibility index (Phi) is 6.45. The minimum absolute atomic E-state index is 0.178. The highest BCUT2D eigenvalue weighted by Crippen LogP contribution is 2.21. The van der Waals surface area contributed by atoms with Crippen molar-refractivity contribution in [3.8, 4) is 0 Å². The fraction of sp³-hybridized carbons (Fsp3) is 0.632. The molecular weight excluding hydrogens is 336 g/mol. The number of hydrogen-bond donors (Lipinski definition) is 1. The predicted molar refractivity (Wildman–Crippen MR) is 96.1 cm³/mol. The lowest BCUT2D eigenvalue weighted by molar-refractivity contribution is -0.141. The van der Waals surface area contributed by atoms with Crippen LogP contribution in [0.15, 0.2) is 0 Å². The number of likely N-dealkylation sites (tertiary alicyclic amines) is 1. The van der Waals surface area contributed by atoms with Crippen LogP contribution < -0.4 is 0 Å². The molecule has 1 aliphatic heterocycles. The zero-order valence-electron chi connectivity index (χ0n) is 16.2. The Bertz CT molecular complexity index is 686. The third-order valence-corrected chi connectivity index (χ3v) is 4.85. The second-order valence-electron chi connectivity index (χ2n) is 6.90. The van der Waals surface area contributed by atoms with Crippen LogP contribution in [0.3, 0.4) is 0 Å². The zero-order valence-corrected chi connectivity index (χ0v) is 16.2. The van der Waals surface area contributed by atoms with E-state index in [0.717, 1.165) is 12.8 Å². The fourth-order valence-corrected chi connectivity index (χ4v) is 3.22. The Balaban J connectivity index is 2.06. The van der Waals surface area contributed by atoms with Crippen molar-refractivity contribution >= 4 is 17.8 Å². The van der Waals surface area contributed by atoms with Gasteiger partial charge in [0.1, 0.15) is 5.69 Å². The third-order valence-electron chi connectivity index (χ3n) is 4.85. The van der Waals surface area contributed by atoms with Gasteiger partial charge < -0.3 is 19.4 Å². The maximum Gasteiger partial charge on any atom is 0.355 e. The van der Waals surface area contributed by atoms with Crippen LogP contribution in [0.2, 0.25) is 0 Å². The summed E-state index contributed by atoms with van der Waals surface area (Å²) in [7, 11) is 0. The largest absolute Gasteiger partial charge is 0.462 e. The lowest BCUT2D eigenvalue weighted by Crippen LogP contribution is -2.44. The minimum Gasteiger partial charge on any atom is -0.462 e. The van der Waals surface area contributed by atoms with Crippen LogP contribution in [0.5, 0.6) is 0 Å². The van der Waals surface area contributed by atoms with Crippen molar-refractivity contribution in [3.63, 3.8) is 0 Å². The number of rotatable bonds is 5. The number of ether oxygens (including phenoxy) is 2. The number of carbonyl (C=O) groups is 3. The number of aromatic nitrogens is 1. The molecule has 2 rings (SSSR count). The molecule has 144 valence electrons. The van der Waals surface area contributed by atoms with Gasteiger partial charge in [-0.15, -0.1) is 0 Å². The second kappa shape index (κ2) is 8.38. The molecule has 2 heterocycles. The molecule has 7 nitrogen and oxygen atoms in total. The molecule has 26 heavy (non-hydrogen) atoms. The van der Waals surface area contributed by atoms with Crippen LogP contribution in [0.25, 0.3) is 0 Å². The van der Waals surface area contributed by atoms with Gasteiger partial charge in [0.2, 0.25) is 0 Å².